The van der Waals surface area contributed by atoms with Gasteiger partial charge < -0.3 is 0 Å². The predicted molar refractivity (Wildman–Crippen MR) is 62.5 cm³/mol. The largest absolute Gasteiger partial charge is 0.270 e. The Hall–Kier alpha value is -1.81. The Morgan fingerprint density at radius 2 is 1.88 bits per heavy atom. The van der Waals surface area contributed by atoms with Crippen LogP contribution in [0, 0.1) is 16.2 Å². The molecule has 0 saturated heterocycles. The van der Waals surface area contributed by atoms with Crippen molar-refractivity contribution in [2.24, 2.45) is 0 Å². The maximum atomic E-state index is 10.4. The van der Waals surface area contributed by atoms with E-state index in [1.807, 2.05) is 30.3 Å². The third-order valence-electron chi connectivity index (χ3n) is 1.95. The number of nitrogens with zero attached hydrogens (tertiary/aromatic N) is 1. The van der Waals surface area contributed by atoms with Gasteiger partial charge >= 0.3 is 0 Å². The van der Waals surface area contributed by atoms with Gasteiger partial charge in [0.25, 0.3) is 5.69 Å². The van der Waals surface area contributed by atoms with Crippen molar-refractivity contribution in [2.75, 3.05) is 0 Å². The monoisotopic (exact) mass is 230 g/mol. The zero-order valence-corrected chi connectivity index (χ0v) is 9.11. The minimum atomic E-state index is -0.423. The van der Waals surface area contributed by atoms with E-state index in [-0.39, 0.29) is 5.69 Å². The molecule has 0 bridgehead atoms. The van der Waals surface area contributed by atoms with Gasteiger partial charge in [-0.1, -0.05) is 30.0 Å². The minimum absolute atomic E-state index is 0.0670. The average molecular weight is 230 g/mol. The van der Waals surface area contributed by atoms with Crippen LogP contribution in [0.15, 0.2) is 58.3 Å². The third-order valence-corrected chi connectivity index (χ3v) is 2.93. The maximum Gasteiger partial charge on any atom is 0.270 e. The molecule has 16 heavy (non-hydrogen) atoms. The van der Waals surface area contributed by atoms with Crippen LogP contribution >= 0.6 is 11.8 Å². The molecule has 0 fully saturated rings. The second-order valence-electron chi connectivity index (χ2n) is 3.08. The lowest BCUT2D eigenvalue weighted by atomic mass is 10.3. The number of nitro groups is 1. The smallest absolute Gasteiger partial charge is 0.258 e. The number of hydrogen-bond donors (Lipinski definition) is 0. The fourth-order valence-corrected chi connectivity index (χ4v) is 2.00. The summed E-state index contributed by atoms with van der Waals surface area (Å²) >= 11 is 1.53. The first-order chi connectivity index (χ1) is 7.75. The van der Waals surface area contributed by atoms with E-state index in [4.69, 9.17) is 0 Å². The Labute approximate surface area is 97.3 Å². The van der Waals surface area contributed by atoms with E-state index in [1.165, 1.54) is 23.9 Å². The Bertz CT molecular complexity index is 482. The maximum absolute atomic E-state index is 10.4. The fraction of sp³-hybridized carbons (Fsp3) is 0. The molecule has 0 atom stereocenters. The summed E-state index contributed by atoms with van der Waals surface area (Å²) < 4.78 is 0. The molecule has 3 nitrogen and oxygen atoms in total. The molecule has 4 heteroatoms. The predicted octanol–water partition coefficient (Wildman–Crippen LogP) is 3.55. The Morgan fingerprint density at radius 3 is 2.44 bits per heavy atom. The highest BCUT2D eigenvalue weighted by Crippen LogP contribution is 2.27. The van der Waals surface area contributed by atoms with Crippen molar-refractivity contribution in [1.29, 1.82) is 0 Å². The molecule has 0 amide bonds. The summed E-state index contributed by atoms with van der Waals surface area (Å²) in [5, 5.41) is 10.4. The van der Waals surface area contributed by atoms with Crippen molar-refractivity contribution in [3.63, 3.8) is 0 Å². The van der Waals surface area contributed by atoms with E-state index in [1.54, 1.807) is 6.07 Å². The van der Waals surface area contributed by atoms with Crippen molar-refractivity contribution in [3.05, 3.63) is 64.7 Å². The van der Waals surface area contributed by atoms with E-state index >= 15 is 0 Å². The lowest BCUT2D eigenvalue weighted by Crippen LogP contribution is -1.86. The van der Waals surface area contributed by atoms with Crippen molar-refractivity contribution < 1.29 is 4.92 Å². The molecule has 0 aromatic heterocycles. The molecule has 0 heterocycles. The van der Waals surface area contributed by atoms with E-state index < -0.39 is 4.92 Å². The third kappa shape index (κ3) is 2.61. The first kappa shape index (κ1) is 10.7. The minimum Gasteiger partial charge on any atom is -0.258 e. The molecule has 1 radical (unpaired) electrons. The van der Waals surface area contributed by atoms with Crippen molar-refractivity contribution >= 4 is 17.4 Å². The molecule has 0 aliphatic heterocycles. The van der Waals surface area contributed by atoms with Crippen LogP contribution < -0.4 is 0 Å². The number of non-ortho nitro benzene ring substituents is 1. The highest BCUT2D eigenvalue weighted by atomic mass is 32.2. The van der Waals surface area contributed by atoms with Crippen molar-refractivity contribution in [2.45, 2.75) is 9.79 Å². The normalized spacial score (nSPS) is 10.0. The van der Waals surface area contributed by atoms with Gasteiger partial charge in [0, 0.05) is 28.0 Å². The van der Waals surface area contributed by atoms with Crippen LogP contribution in [0.2, 0.25) is 0 Å². The Kier molecular flexibility index (Phi) is 3.22. The summed E-state index contributed by atoms with van der Waals surface area (Å²) in [4.78, 5) is 12.0. The molecule has 0 N–H and O–H groups in total. The molecule has 2 aromatic carbocycles. The lowest BCUT2D eigenvalue weighted by molar-refractivity contribution is -0.384. The quantitative estimate of drug-likeness (QED) is 0.598. The first-order valence-electron chi connectivity index (χ1n) is 4.65. The average Bonchev–Trinajstić information content (AvgIpc) is 2.31. The van der Waals surface area contributed by atoms with Gasteiger partial charge in [-0.15, -0.1) is 0 Å². The molecule has 0 aliphatic rings. The summed E-state index contributed by atoms with van der Waals surface area (Å²) in [5.41, 5.74) is 0.0670. The molecule has 0 spiro atoms. The van der Waals surface area contributed by atoms with Crippen LogP contribution in [0.4, 0.5) is 5.69 Å². The Morgan fingerprint density at radius 1 is 1.12 bits per heavy atom. The van der Waals surface area contributed by atoms with Crippen molar-refractivity contribution in [3.8, 4) is 0 Å². The van der Waals surface area contributed by atoms with Crippen LogP contribution in [0.25, 0.3) is 0 Å². The van der Waals surface area contributed by atoms with Crippen LogP contribution in [-0.4, -0.2) is 4.92 Å². The van der Waals surface area contributed by atoms with Gasteiger partial charge in [-0.25, -0.2) is 0 Å². The van der Waals surface area contributed by atoms with Gasteiger partial charge in [0.05, 0.1) is 4.92 Å². The molecule has 0 saturated carbocycles. The second kappa shape index (κ2) is 4.81. The molecule has 0 aliphatic carbocycles. The number of hydrogen-bond acceptors (Lipinski definition) is 3. The molecule has 0 unspecified atom stereocenters. The number of nitro benzene ring substituents is 1. The van der Waals surface area contributed by atoms with E-state index in [2.05, 4.69) is 6.07 Å². The first-order valence-corrected chi connectivity index (χ1v) is 5.46. The molecular formula is C12H8NO2S. The van der Waals surface area contributed by atoms with Gasteiger partial charge in [0.2, 0.25) is 0 Å². The van der Waals surface area contributed by atoms with Crippen LogP contribution in [0.1, 0.15) is 0 Å². The van der Waals surface area contributed by atoms with Crippen LogP contribution in [0.3, 0.4) is 0 Å². The van der Waals surface area contributed by atoms with Gasteiger partial charge in [0.15, 0.2) is 0 Å². The summed E-state index contributed by atoms with van der Waals surface area (Å²) in [7, 11) is 0. The lowest BCUT2D eigenvalue weighted by Gasteiger charge is -1.99. The zero-order chi connectivity index (χ0) is 11.4. The highest BCUT2D eigenvalue weighted by molar-refractivity contribution is 7.99. The van der Waals surface area contributed by atoms with Gasteiger partial charge in [-0.05, 0) is 18.2 Å². The number of benzene rings is 2. The molecule has 79 valence electrons. The SMILES string of the molecule is O=[N+]([O-])c1c[c]c(Sc2ccccc2)cc1. The van der Waals surface area contributed by atoms with Crippen molar-refractivity contribution in [1.82, 2.24) is 0 Å². The van der Waals surface area contributed by atoms with Gasteiger partial charge in [-0.3, -0.25) is 10.1 Å². The topological polar surface area (TPSA) is 43.1 Å². The summed E-state index contributed by atoms with van der Waals surface area (Å²) in [6.07, 6.45) is 0. The summed E-state index contributed by atoms with van der Waals surface area (Å²) in [6.45, 7) is 0. The Balaban J connectivity index is 2.14. The van der Waals surface area contributed by atoms with Gasteiger partial charge in [-0.2, -0.15) is 0 Å². The molecule has 2 aromatic rings. The second-order valence-corrected chi connectivity index (χ2v) is 4.20. The zero-order valence-electron chi connectivity index (χ0n) is 8.29. The molecule has 2 rings (SSSR count). The number of rotatable bonds is 3. The summed E-state index contributed by atoms with van der Waals surface area (Å²) in [6, 6.07) is 17.3. The van der Waals surface area contributed by atoms with E-state index in [0.29, 0.717) is 0 Å². The van der Waals surface area contributed by atoms with Gasteiger partial charge in [0.1, 0.15) is 0 Å². The fourth-order valence-electron chi connectivity index (χ4n) is 1.19. The highest BCUT2D eigenvalue weighted by Gasteiger charge is 2.04. The standard InChI is InChI=1S/C12H8NO2S/c14-13(15)10-6-8-12(9-7-10)16-11-4-2-1-3-5-11/h1-8H. The van der Waals surface area contributed by atoms with Crippen LogP contribution in [0.5, 0.6) is 0 Å². The van der Waals surface area contributed by atoms with E-state index in [9.17, 15) is 10.1 Å². The van der Waals surface area contributed by atoms with Crippen LogP contribution in [-0.2, 0) is 0 Å². The summed E-state index contributed by atoms with van der Waals surface area (Å²) in [5.74, 6) is 0. The van der Waals surface area contributed by atoms with E-state index in [0.717, 1.165) is 9.79 Å². The molecular weight excluding hydrogens is 222 g/mol.